The van der Waals surface area contributed by atoms with Crippen LogP contribution in [0.4, 0.5) is 11.4 Å². The molecule has 0 aliphatic rings. The summed E-state index contributed by atoms with van der Waals surface area (Å²) in [6, 6.07) is 55.2. The van der Waals surface area contributed by atoms with Gasteiger partial charge in [0.1, 0.15) is 46.0 Å². The van der Waals surface area contributed by atoms with E-state index in [9.17, 15) is 0 Å². The van der Waals surface area contributed by atoms with Crippen LogP contribution in [-0.2, 0) is 10.8 Å². The van der Waals surface area contributed by atoms with Crippen LogP contribution in [0, 0.1) is 0 Å². The minimum atomic E-state index is -0.382. The van der Waals surface area contributed by atoms with Crippen molar-refractivity contribution in [1.29, 1.82) is 0 Å². The molecule has 0 amide bonds. The van der Waals surface area contributed by atoms with Gasteiger partial charge in [0, 0.05) is 33.3 Å². The zero-order chi connectivity index (χ0) is 37.7. The van der Waals surface area contributed by atoms with Crippen LogP contribution >= 0.6 is 0 Å². The summed E-state index contributed by atoms with van der Waals surface area (Å²) in [5, 5.41) is 0. The first kappa shape index (κ1) is 35.7. The van der Waals surface area contributed by atoms with E-state index >= 15 is 0 Å². The standard InChI is InChI=1S/C48H44N2O4/c1-47(2,43-12-5-7-14-45(43)53-41-28-24-39(25-29-41)51-37-20-16-35(49)17-21-37)33-10-9-11-34(32-33)48(3,4)44-13-6-8-15-46(44)54-42-30-26-40(27-31-42)52-38-22-18-36(50)19-23-38/h5-32H,49-50H2,1-4H3. The molecule has 4 N–H and O–H groups in total. The van der Waals surface area contributed by atoms with E-state index in [0.717, 1.165) is 45.6 Å². The molecular formula is C48H44N2O4. The zero-order valence-electron chi connectivity index (χ0n) is 31.0. The molecule has 0 aromatic heterocycles. The second-order valence-corrected chi connectivity index (χ2v) is 14.3. The van der Waals surface area contributed by atoms with Crippen molar-refractivity contribution in [2.75, 3.05) is 11.5 Å². The zero-order valence-corrected chi connectivity index (χ0v) is 31.0. The summed E-state index contributed by atoms with van der Waals surface area (Å²) in [5.41, 5.74) is 16.8. The molecule has 0 spiro atoms. The molecule has 7 aromatic carbocycles. The monoisotopic (exact) mass is 712 g/mol. The van der Waals surface area contributed by atoms with Crippen LogP contribution in [0.5, 0.6) is 46.0 Å². The number of anilines is 2. The molecule has 0 aliphatic heterocycles. The molecule has 6 nitrogen and oxygen atoms in total. The lowest BCUT2D eigenvalue weighted by Gasteiger charge is -2.32. The van der Waals surface area contributed by atoms with Gasteiger partial charge < -0.3 is 30.4 Å². The van der Waals surface area contributed by atoms with Crippen molar-refractivity contribution in [3.8, 4) is 46.0 Å². The number of benzene rings is 7. The van der Waals surface area contributed by atoms with Crippen LogP contribution < -0.4 is 30.4 Å². The third kappa shape index (κ3) is 8.03. The summed E-state index contributed by atoms with van der Waals surface area (Å²) in [6.45, 7) is 8.95. The van der Waals surface area contributed by atoms with E-state index in [1.54, 1.807) is 0 Å². The lowest BCUT2D eigenvalue weighted by atomic mass is 9.73. The van der Waals surface area contributed by atoms with Gasteiger partial charge in [-0.1, -0.05) is 88.4 Å². The van der Waals surface area contributed by atoms with Crippen molar-refractivity contribution < 1.29 is 18.9 Å². The molecule has 6 heteroatoms. The Hall–Kier alpha value is -6.66. The fourth-order valence-corrected chi connectivity index (χ4v) is 6.50. The van der Waals surface area contributed by atoms with Gasteiger partial charge in [0.15, 0.2) is 0 Å². The maximum atomic E-state index is 6.52. The van der Waals surface area contributed by atoms with Crippen molar-refractivity contribution in [2.45, 2.75) is 38.5 Å². The molecule has 54 heavy (non-hydrogen) atoms. The predicted octanol–water partition coefficient (Wildman–Crippen LogP) is 12.7. The molecule has 0 radical (unpaired) electrons. The summed E-state index contributed by atoms with van der Waals surface area (Å²) < 4.78 is 25.0. The summed E-state index contributed by atoms with van der Waals surface area (Å²) in [7, 11) is 0. The quantitative estimate of drug-likeness (QED) is 0.123. The van der Waals surface area contributed by atoms with E-state index in [0.29, 0.717) is 22.9 Å². The molecule has 0 unspecified atom stereocenters. The Balaban J connectivity index is 1.09. The maximum Gasteiger partial charge on any atom is 0.131 e. The summed E-state index contributed by atoms with van der Waals surface area (Å²) in [6.07, 6.45) is 0. The van der Waals surface area contributed by atoms with Gasteiger partial charge in [-0.25, -0.2) is 0 Å². The Morgan fingerprint density at radius 1 is 0.333 bits per heavy atom. The van der Waals surface area contributed by atoms with Gasteiger partial charge in [-0.05, 0) is 120 Å². The summed E-state index contributed by atoms with van der Waals surface area (Å²) >= 11 is 0. The van der Waals surface area contributed by atoms with Crippen LogP contribution in [0.25, 0.3) is 0 Å². The van der Waals surface area contributed by atoms with Gasteiger partial charge in [-0.3, -0.25) is 0 Å². The van der Waals surface area contributed by atoms with Crippen LogP contribution in [0.3, 0.4) is 0 Å². The molecule has 7 rings (SSSR count). The molecule has 7 aromatic rings. The first-order valence-electron chi connectivity index (χ1n) is 18.0. The van der Waals surface area contributed by atoms with Crippen molar-refractivity contribution in [2.24, 2.45) is 0 Å². The number of hydrogen-bond donors (Lipinski definition) is 2. The van der Waals surface area contributed by atoms with Crippen molar-refractivity contribution in [3.63, 3.8) is 0 Å². The fraction of sp³-hybridized carbons (Fsp3) is 0.125. The number of para-hydroxylation sites is 2. The van der Waals surface area contributed by atoms with Gasteiger partial charge in [0.05, 0.1) is 0 Å². The first-order valence-corrected chi connectivity index (χ1v) is 18.0. The van der Waals surface area contributed by atoms with Crippen LogP contribution in [0.2, 0.25) is 0 Å². The first-order chi connectivity index (χ1) is 26.0. The molecule has 0 fully saturated rings. The Morgan fingerprint density at radius 3 is 0.981 bits per heavy atom. The second kappa shape index (κ2) is 15.1. The highest BCUT2D eigenvalue weighted by Gasteiger charge is 2.31. The highest BCUT2D eigenvalue weighted by molar-refractivity contribution is 5.53. The highest BCUT2D eigenvalue weighted by Crippen LogP contribution is 2.43. The average molecular weight is 713 g/mol. The topological polar surface area (TPSA) is 89.0 Å². The maximum absolute atomic E-state index is 6.52. The molecule has 0 heterocycles. The van der Waals surface area contributed by atoms with Crippen LogP contribution in [-0.4, -0.2) is 0 Å². The Morgan fingerprint density at radius 2 is 0.630 bits per heavy atom. The Kier molecular flexibility index (Phi) is 10.0. The summed E-state index contributed by atoms with van der Waals surface area (Å²) in [5.74, 6) is 5.90. The predicted molar refractivity (Wildman–Crippen MR) is 218 cm³/mol. The molecule has 0 aliphatic carbocycles. The van der Waals surface area contributed by atoms with E-state index in [2.05, 4.69) is 76.2 Å². The summed E-state index contributed by atoms with van der Waals surface area (Å²) in [4.78, 5) is 0. The van der Waals surface area contributed by atoms with Crippen LogP contribution in [0.1, 0.15) is 49.9 Å². The van der Waals surface area contributed by atoms with E-state index in [1.165, 1.54) is 11.1 Å². The minimum Gasteiger partial charge on any atom is -0.457 e. The number of hydrogen-bond acceptors (Lipinski definition) is 6. The largest absolute Gasteiger partial charge is 0.457 e. The Labute approximate surface area is 317 Å². The van der Waals surface area contributed by atoms with E-state index in [1.807, 2.05) is 121 Å². The average Bonchev–Trinajstić information content (AvgIpc) is 3.18. The fourth-order valence-electron chi connectivity index (χ4n) is 6.50. The second-order valence-electron chi connectivity index (χ2n) is 14.3. The Bertz CT molecular complexity index is 2170. The molecule has 0 bridgehead atoms. The van der Waals surface area contributed by atoms with Gasteiger partial charge in [-0.15, -0.1) is 0 Å². The normalized spacial score (nSPS) is 11.5. The van der Waals surface area contributed by atoms with E-state index in [4.69, 9.17) is 30.4 Å². The third-order valence-corrected chi connectivity index (χ3v) is 9.76. The van der Waals surface area contributed by atoms with Crippen molar-refractivity contribution >= 4 is 11.4 Å². The van der Waals surface area contributed by atoms with Crippen molar-refractivity contribution in [3.05, 3.63) is 192 Å². The number of nitrogens with two attached hydrogens (primary N) is 2. The van der Waals surface area contributed by atoms with E-state index < -0.39 is 0 Å². The molecule has 0 atom stereocenters. The number of nitrogen functional groups attached to an aromatic ring is 2. The van der Waals surface area contributed by atoms with Gasteiger partial charge >= 0.3 is 0 Å². The molecule has 0 saturated heterocycles. The van der Waals surface area contributed by atoms with E-state index in [-0.39, 0.29) is 10.8 Å². The number of rotatable bonds is 12. The number of ether oxygens (including phenoxy) is 4. The highest BCUT2D eigenvalue weighted by atomic mass is 16.5. The molecule has 0 saturated carbocycles. The van der Waals surface area contributed by atoms with Crippen LogP contribution in [0.15, 0.2) is 170 Å². The van der Waals surface area contributed by atoms with Gasteiger partial charge in [-0.2, -0.15) is 0 Å². The minimum absolute atomic E-state index is 0.382. The van der Waals surface area contributed by atoms with Crippen molar-refractivity contribution in [1.82, 2.24) is 0 Å². The lowest BCUT2D eigenvalue weighted by molar-refractivity contribution is 0.454. The van der Waals surface area contributed by atoms with Gasteiger partial charge in [0.25, 0.3) is 0 Å². The molecule has 270 valence electrons. The lowest BCUT2D eigenvalue weighted by Crippen LogP contribution is -2.23. The third-order valence-electron chi connectivity index (χ3n) is 9.76. The van der Waals surface area contributed by atoms with Gasteiger partial charge in [0.2, 0.25) is 0 Å². The smallest absolute Gasteiger partial charge is 0.131 e. The SMILES string of the molecule is CC(C)(c1cccc(C(C)(C)c2ccccc2Oc2ccc(Oc3ccc(N)cc3)cc2)c1)c1ccccc1Oc1ccc(Oc2ccc(N)cc2)cc1. The molecular weight excluding hydrogens is 669 g/mol.